The minimum absolute atomic E-state index is 0.0645. The van der Waals surface area contributed by atoms with E-state index in [0.29, 0.717) is 23.6 Å². The number of nitro benzene ring substituents is 1. The van der Waals surface area contributed by atoms with Gasteiger partial charge in [-0.25, -0.2) is 0 Å². The summed E-state index contributed by atoms with van der Waals surface area (Å²) in [4.78, 5) is 22.6. The molecule has 2 rings (SSSR count). The molecule has 132 valence electrons. The van der Waals surface area contributed by atoms with Crippen molar-refractivity contribution in [1.82, 2.24) is 0 Å². The normalized spacial score (nSPS) is 11.5. The first-order chi connectivity index (χ1) is 11.9. The molecule has 0 aromatic heterocycles. The monoisotopic (exact) mass is 344 g/mol. The maximum absolute atomic E-state index is 12.3. The van der Waals surface area contributed by atoms with Gasteiger partial charge < -0.3 is 14.8 Å². The lowest BCUT2D eigenvalue weighted by Crippen LogP contribution is -2.22. The molecule has 0 saturated heterocycles. The molecule has 0 bridgehead atoms. The van der Waals surface area contributed by atoms with Crippen molar-refractivity contribution in [3.05, 3.63) is 58.1 Å². The smallest absolute Gasteiger partial charge is 0.271 e. The lowest BCUT2D eigenvalue weighted by atomic mass is 10.00. The Morgan fingerprint density at radius 2 is 1.88 bits per heavy atom. The van der Waals surface area contributed by atoms with E-state index in [1.54, 1.807) is 33.3 Å². The average molecular weight is 344 g/mol. The van der Waals surface area contributed by atoms with Gasteiger partial charge in [-0.2, -0.15) is 0 Å². The second kappa shape index (κ2) is 8.14. The molecule has 7 nitrogen and oxygen atoms in total. The van der Waals surface area contributed by atoms with Gasteiger partial charge in [-0.15, -0.1) is 0 Å². The first kappa shape index (κ1) is 18.3. The Hall–Kier alpha value is -3.09. The van der Waals surface area contributed by atoms with Gasteiger partial charge in [0.15, 0.2) is 11.5 Å². The summed E-state index contributed by atoms with van der Waals surface area (Å²) in [6, 6.07) is 11.4. The molecule has 1 atom stereocenters. The summed E-state index contributed by atoms with van der Waals surface area (Å²) in [5.74, 6) is 0.693. The van der Waals surface area contributed by atoms with Gasteiger partial charge in [0.2, 0.25) is 5.91 Å². The molecule has 0 radical (unpaired) electrons. The number of amides is 1. The van der Waals surface area contributed by atoms with Crippen LogP contribution in [0.3, 0.4) is 0 Å². The number of ether oxygens (including phenoxy) is 2. The van der Waals surface area contributed by atoms with E-state index in [2.05, 4.69) is 5.32 Å². The first-order valence-electron chi connectivity index (χ1n) is 7.70. The highest BCUT2D eigenvalue weighted by Gasteiger charge is 2.16. The number of non-ortho nitro benzene ring substituents is 1. The molecule has 7 heteroatoms. The van der Waals surface area contributed by atoms with Crippen LogP contribution in [0.4, 0.5) is 11.4 Å². The number of nitrogens with zero attached hydrogens (tertiary/aromatic N) is 1. The number of nitrogens with one attached hydrogen (secondary N) is 1. The molecular weight excluding hydrogens is 324 g/mol. The number of anilines is 1. The molecule has 1 unspecified atom stereocenters. The molecule has 2 aromatic carbocycles. The third-order valence-corrected chi connectivity index (χ3v) is 3.76. The van der Waals surface area contributed by atoms with Gasteiger partial charge >= 0.3 is 0 Å². The van der Waals surface area contributed by atoms with E-state index < -0.39 is 4.92 Å². The Morgan fingerprint density at radius 1 is 1.16 bits per heavy atom. The summed E-state index contributed by atoms with van der Waals surface area (Å²) in [6.45, 7) is 1.80. The summed E-state index contributed by atoms with van der Waals surface area (Å²) in [5.41, 5.74) is 1.27. The van der Waals surface area contributed by atoms with Crippen LogP contribution in [0, 0.1) is 16.0 Å². The highest BCUT2D eigenvalue weighted by molar-refractivity contribution is 5.92. The van der Waals surface area contributed by atoms with Crippen LogP contribution in [0.2, 0.25) is 0 Å². The minimum atomic E-state index is -0.497. The molecule has 0 aliphatic heterocycles. The lowest BCUT2D eigenvalue weighted by molar-refractivity contribution is -0.384. The number of carbonyl (C=O) groups excluding carboxylic acids is 1. The zero-order valence-electron chi connectivity index (χ0n) is 14.3. The van der Waals surface area contributed by atoms with Gasteiger partial charge in [-0.3, -0.25) is 14.9 Å². The molecule has 1 amide bonds. The third-order valence-electron chi connectivity index (χ3n) is 3.76. The molecule has 0 aliphatic carbocycles. The Labute approximate surface area is 145 Å². The summed E-state index contributed by atoms with van der Waals surface area (Å²) in [7, 11) is 3.12. The van der Waals surface area contributed by atoms with E-state index in [1.807, 2.05) is 12.1 Å². The van der Waals surface area contributed by atoms with Crippen LogP contribution < -0.4 is 14.8 Å². The number of benzene rings is 2. The average Bonchev–Trinajstić information content (AvgIpc) is 2.61. The van der Waals surface area contributed by atoms with Gasteiger partial charge in [0.1, 0.15) is 0 Å². The van der Waals surface area contributed by atoms with Crippen molar-refractivity contribution in [3.8, 4) is 11.5 Å². The van der Waals surface area contributed by atoms with Crippen LogP contribution in [0.1, 0.15) is 12.5 Å². The predicted octanol–water partition coefficient (Wildman–Crippen LogP) is 3.43. The van der Waals surface area contributed by atoms with Crippen LogP contribution in [0.15, 0.2) is 42.5 Å². The summed E-state index contributed by atoms with van der Waals surface area (Å²) >= 11 is 0. The molecule has 0 saturated carbocycles. The van der Waals surface area contributed by atoms with Crippen molar-refractivity contribution in [2.75, 3.05) is 19.5 Å². The van der Waals surface area contributed by atoms with Gasteiger partial charge in [-0.1, -0.05) is 19.1 Å². The fourth-order valence-electron chi connectivity index (χ4n) is 2.42. The van der Waals surface area contributed by atoms with Crippen LogP contribution in [-0.4, -0.2) is 25.1 Å². The van der Waals surface area contributed by atoms with Gasteiger partial charge in [0.05, 0.1) is 19.1 Å². The Kier molecular flexibility index (Phi) is 5.94. The number of methoxy groups -OCH3 is 2. The van der Waals surface area contributed by atoms with Crippen LogP contribution in [0.5, 0.6) is 11.5 Å². The highest BCUT2D eigenvalue weighted by Crippen LogP contribution is 2.28. The third kappa shape index (κ3) is 4.69. The summed E-state index contributed by atoms with van der Waals surface area (Å²) in [6.07, 6.45) is 0.501. The van der Waals surface area contributed by atoms with E-state index >= 15 is 0 Å². The summed E-state index contributed by atoms with van der Waals surface area (Å²) in [5, 5.41) is 13.5. The standard InChI is InChI=1S/C18H20N2O5/c1-12(9-13-7-8-16(24-2)17(10-13)25-3)18(21)19-14-5-4-6-15(11-14)20(22)23/h4-8,10-12H,9H2,1-3H3,(H,19,21). The Morgan fingerprint density at radius 3 is 2.52 bits per heavy atom. The number of hydrogen-bond acceptors (Lipinski definition) is 5. The lowest BCUT2D eigenvalue weighted by Gasteiger charge is -2.14. The summed E-state index contributed by atoms with van der Waals surface area (Å²) < 4.78 is 10.5. The quantitative estimate of drug-likeness (QED) is 0.614. The van der Waals surface area contributed by atoms with E-state index in [9.17, 15) is 14.9 Å². The predicted molar refractivity (Wildman–Crippen MR) is 94.1 cm³/mol. The zero-order valence-corrected chi connectivity index (χ0v) is 14.3. The molecule has 0 aliphatic rings. The van der Waals surface area contributed by atoms with Crippen molar-refractivity contribution in [1.29, 1.82) is 0 Å². The van der Waals surface area contributed by atoms with Crippen molar-refractivity contribution >= 4 is 17.3 Å². The van der Waals surface area contributed by atoms with Crippen LogP contribution >= 0.6 is 0 Å². The molecule has 25 heavy (non-hydrogen) atoms. The number of carbonyl (C=O) groups is 1. The van der Waals surface area contributed by atoms with Gasteiger partial charge in [-0.05, 0) is 30.2 Å². The van der Waals surface area contributed by atoms with Crippen LogP contribution in [0.25, 0.3) is 0 Å². The highest BCUT2D eigenvalue weighted by atomic mass is 16.6. The minimum Gasteiger partial charge on any atom is -0.493 e. The Bertz CT molecular complexity index is 776. The van der Waals surface area contributed by atoms with E-state index in [4.69, 9.17) is 9.47 Å². The zero-order chi connectivity index (χ0) is 18.4. The molecule has 0 fully saturated rings. The molecule has 2 aromatic rings. The molecule has 0 spiro atoms. The second-order valence-corrected chi connectivity index (χ2v) is 5.59. The van der Waals surface area contributed by atoms with Gasteiger partial charge in [0, 0.05) is 23.7 Å². The molecule has 1 N–H and O–H groups in total. The second-order valence-electron chi connectivity index (χ2n) is 5.59. The topological polar surface area (TPSA) is 90.7 Å². The SMILES string of the molecule is COc1ccc(CC(C)C(=O)Nc2cccc([N+](=O)[O-])c2)cc1OC. The van der Waals surface area contributed by atoms with E-state index in [0.717, 1.165) is 5.56 Å². The van der Waals surface area contributed by atoms with E-state index in [-0.39, 0.29) is 17.5 Å². The number of rotatable bonds is 7. The van der Waals surface area contributed by atoms with Crippen molar-refractivity contribution in [2.45, 2.75) is 13.3 Å². The van der Waals surface area contributed by atoms with Crippen molar-refractivity contribution in [3.63, 3.8) is 0 Å². The fraction of sp³-hybridized carbons (Fsp3) is 0.278. The van der Waals surface area contributed by atoms with E-state index in [1.165, 1.54) is 18.2 Å². The fourth-order valence-corrected chi connectivity index (χ4v) is 2.42. The Balaban J connectivity index is 2.05. The maximum Gasteiger partial charge on any atom is 0.271 e. The largest absolute Gasteiger partial charge is 0.493 e. The first-order valence-corrected chi connectivity index (χ1v) is 7.70. The van der Waals surface area contributed by atoms with Gasteiger partial charge in [0.25, 0.3) is 5.69 Å². The molecule has 0 heterocycles. The molecular formula is C18H20N2O5. The van der Waals surface area contributed by atoms with Crippen molar-refractivity contribution in [2.24, 2.45) is 5.92 Å². The van der Waals surface area contributed by atoms with Crippen molar-refractivity contribution < 1.29 is 19.2 Å². The maximum atomic E-state index is 12.3. The van der Waals surface area contributed by atoms with Crippen LogP contribution in [-0.2, 0) is 11.2 Å². The number of hydrogen-bond donors (Lipinski definition) is 1. The number of nitro groups is 1.